The molecule has 110 valence electrons. The number of likely N-dealkylation sites (tertiary alicyclic amines) is 1. The first kappa shape index (κ1) is 13.8. The summed E-state index contributed by atoms with van der Waals surface area (Å²) in [7, 11) is 0. The van der Waals surface area contributed by atoms with E-state index in [-0.39, 0.29) is 17.8 Å². The van der Waals surface area contributed by atoms with E-state index in [4.69, 9.17) is 5.73 Å². The van der Waals surface area contributed by atoms with Gasteiger partial charge in [0.15, 0.2) is 5.69 Å². The third kappa shape index (κ3) is 2.95. The summed E-state index contributed by atoms with van der Waals surface area (Å²) in [5.41, 5.74) is 6.84. The maximum absolute atomic E-state index is 13.2. The first-order valence-corrected chi connectivity index (χ1v) is 7.00. The van der Waals surface area contributed by atoms with Gasteiger partial charge in [0.2, 0.25) is 0 Å². The minimum absolute atomic E-state index is 0.0352. The molecule has 1 fully saturated rings. The fourth-order valence-electron chi connectivity index (χ4n) is 2.56. The molecule has 21 heavy (non-hydrogen) atoms. The summed E-state index contributed by atoms with van der Waals surface area (Å²) in [6, 6.07) is 7.77. The predicted octanol–water partition coefficient (Wildman–Crippen LogP) is 1.57. The maximum Gasteiger partial charge on any atom is 0.274 e. The van der Waals surface area contributed by atoms with Gasteiger partial charge in [-0.3, -0.25) is 4.79 Å². The first-order valence-electron chi connectivity index (χ1n) is 7.00. The van der Waals surface area contributed by atoms with Crippen LogP contribution in [-0.2, 0) is 0 Å². The number of nitrogens with zero attached hydrogens (tertiary/aromatic N) is 3. The van der Waals surface area contributed by atoms with Gasteiger partial charge in [0.25, 0.3) is 5.91 Å². The SMILES string of the molecule is N[C@@H]1CCCN(C(=O)c2ccn(-c3cccc(F)c3)n2)C1. The largest absolute Gasteiger partial charge is 0.336 e. The zero-order valence-corrected chi connectivity index (χ0v) is 11.6. The molecule has 2 aromatic rings. The number of nitrogens with two attached hydrogens (primary N) is 1. The molecule has 0 aliphatic carbocycles. The molecule has 1 aliphatic heterocycles. The van der Waals surface area contributed by atoms with Crippen LogP contribution in [0, 0.1) is 5.82 Å². The summed E-state index contributed by atoms with van der Waals surface area (Å²) in [6.45, 7) is 1.27. The van der Waals surface area contributed by atoms with Crippen molar-refractivity contribution in [1.29, 1.82) is 0 Å². The topological polar surface area (TPSA) is 64.2 Å². The van der Waals surface area contributed by atoms with Crippen LogP contribution in [0.15, 0.2) is 36.5 Å². The Balaban J connectivity index is 1.80. The molecule has 6 heteroatoms. The normalized spacial score (nSPS) is 18.8. The first-order chi connectivity index (χ1) is 10.1. The number of carbonyl (C=O) groups excluding carboxylic acids is 1. The van der Waals surface area contributed by atoms with E-state index in [1.54, 1.807) is 29.3 Å². The van der Waals surface area contributed by atoms with Crippen LogP contribution in [0.4, 0.5) is 4.39 Å². The molecule has 0 spiro atoms. The van der Waals surface area contributed by atoms with Crippen LogP contribution in [0.1, 0.15) is 23.3 Å². The molecular weight excluding hydrogens is 271 g/mol. The molecule has 1 saturated heterocycles. The molecule has 0 unspecified atom stereocenters. The maximum atomic E-state index is 13.2. The molecule has 0 bridgehead atoms. The van der Waals surface area contributed by atoms with E-state index in [9.17, 15) is 9.18 Å². The molecular formula is C15H17FN4O. The quantitative estimate of drug-likeness (QED) is 0.912. The Hall–Kier alpha value is -2.21. The van der Waals surface area contributed by atoms with E-state index >= 15 is 0 Å². The Kier molecular flexibility index (Phi) is 3.70. The molecule has 1 aliphatic rings. The van der Waals surface area contributed by atoms with Crippen molar-refractivity contribution < 1.29 is 9.18 Å². The Morgan fingerprint density at radius 1 is 1.38 bits per heavy atom. The Morgan fingerprint density at radius 3 is 3.00 bits per heavy atom. The van der Waals surface area contributed by atoms with Crippen molar-refractivity contribution in [1.82, 2.24) is 14.7 Å². The van der Waals surface area contributed by atoms with Gasteiger partial charge in [0, 0.05) is 25.3 Å². The standard InChI is InChI=1S/C15H17FN4O/c16-11-3-1-5-13(9-11)20-8-6-14(18-20)15(21)19-7-2-4-12(17)10-19/h1,3,5-6,8-9,12H,2,4,7,10,17H2/t12-/m1/s1. The molecule has 2 N–H and O–H groups in total. The second-order valence-corrected chi connectivity index (χ2v) is 5.28. The molecule has 0 saturated carbocycles. The van der Waals surface area contributed by atoms with Crippen LogP contribution in [0.2, 0.25) is 0 Å². The van der Waals surface area contributed by atoms with Crippen molar-refractivity contribution in [2.24, 2.45) is 5.73 Å². The predicted molar refractivity (Wildman–Crippen MR) is 76.6 cm³/mol. The van der Waals surface area contributed by atoms with Crippen LogP contribution in [0.25, 0.3) is 5.69 Å². The van der Waals surface area contributed by atoms with Crippen LogP contribution in [0.3, 0.4) is 0 Å². The number of amides is 1. The number of hydrogen-bond acceptors (Lipinski definition) is 3. The zero-order chi connectivity index (χ0) is 14.8. The van der Waals surface area contributed by atoms with Crippen LogP contribution >= 0.6 is 0 Å². The van der Waals surface area contributed by atoms with E-state index < -0.39 is 0 Å². The highest BCUT2D eigenvalue weighted by molar-refractivity contribution is 5.92. The van der Waals surface area contributed by atoms with Crippen molar-refractivity contribution in [2.75, 3.05) is 13.1 Å². The van der Waals surface area contributed by atoms with Gasteiger partial charge >= 0.3 is 0 Å². The van der Waals surface area contributed by atoms with E-state index in [0.717, 1.165) is 12.8 Å². The molecule has 1 aromatic heterocycles. The van der Waals surface area contributed by atoms with Gasteiger partial charge in [-0.2, -0.15) is 5.10 Å². The lowest BCUT2D eigenvalue weighted by Crippen LogP contribution is -2.45. The summed E-state index contributed by atoms with van der Waals surface area (Å²) >= 11 is 0. The van der Waals surface area contributed by atoms with E-state index in [0.29, 0.717) is 24.5 Å². The average molecular weight is 288 g/mol. The van der Waals surface area contributed by atoms with Gasteiger partial charge in [-0.1, -0.05) is 6.07 Å². The van der Waals surface area contributed by atoms with Crippen LogP contribution in [-0.4, -0.2) is 39.7 Å². The van der Waals surface area contributed by atoms with Crippen molar-refractivity contribution in [2.45, 2.75) is 18.9 Å². The van der Waals surface area contributed by atoms with Crippen molar-refractivity contribution in [3.8, 4) is 5.69 Å². The van der Waals surface area contributed by atoms with E-state index in [2.05, 4.69) is 5.10 Å². The number of hydrogen-bond donors (Lipinski definition) is 1. The van der Waals surface area contributed by atoms with Crippen molar-refractivity contribution in [3.63, 3.8) is 0 Å². The fraction of sp³-hybridized carbons (Fsp3) is 0.333. The van der Waals surface area contributed by atoms with E-state index in [1.807, 2.05) is 0 Å². The lowest BCUT2D eigenvalue weighted by molar-refractivity contribution is 0.0702. The van der Waals surface area contributed by atoms with Gasteiger partial charge in [-0.15, -0.1) is 0 Å². The molecule has 1 atom stereocenters. The monoisotopic (exact) mass is 288 g/mol. The summed E-state index contributed by atoms with van der Waals surface area (Å²) < 4.78 is 14.7. The highest BCUT2D eigenvalue weighted by Crippen LogP contribution is 2.14. The highest BCUT2D eigenvalue weighted by atomic mass is 19.1. The smallest absolute Gasteiger partial charge is 0.274 e. The average Bonchev–Trinajstić information content (AvgIpc) is 2.96. The number of rotatable bonds is 2. The van der Waals surface area contributed by atoms with Gasteiger partial charge < -0.3 is 10.6 Å². The van der Waals surface area contributed by atoms with Crippen molar-refractivity contribution >= 4 is 5.91 Å². The number of benzene rings is 1. The molecule has 1 aromatic carbocycles. The third-order valence-electron chi connectivity index (χ3n) is 3.63. The summed E-state index contributed by atoms with van der Waals surface area (Å²) in [5.74, 6) is -0.460. The lowest BCUT2D eigenvalue weighted by Gasteiger charge is -2.30. The molecule has 1 amide bonds. The van der Waals surface area contributed by atoms with Gasteiger partial charge in [-0.05, 0) is 37.1 Å². The Bertz CT molecular complexity index is 655. The van der Waals surface area contributed by atoms with Crippen molar-refractivity contribution in [3.05, 3.63) is 48.0 Å². The lowest BCUT2D eigenvalue weighted by atomic mass is 10.1. The molecule has 0 radical (unpaired) electrons. The van der Waals surface area contributed by atoms with Crippen LogP contribution in [0.5, 0.6) is 0 Å². The zero-order valence-electron chi connectivity index (χ0n) is 11.6. The molecule has 3 rings (SSSR count). The second-order valence-electron chi connectivity index (χ2n) is 5.28. The van der Waals surface area contributed by atoms with Gasteiger partial charge in [-0.25, -0.2) is 9.07 Å². The summed E-state index contributed by atoms with van der Waals surface area (Å²) in [4.78, 5) is 14.1. The number of aromatic nitrogens is 2. The highest BCUT2D eigenvalue weighted by Gasteiger charge is 2.23. The van der Waals surface area contributed by atoms with Crippen LogP contribution < -0.4 is 5.73 Å². The van der Waals surface area contributed by atoms with E-state index in [1.165, 1.54) is 16.8 Å². The van der Waals surface area contributed by atoms with Gasteiger partial charge in [0.05, 0.1) is 5.69 Å². The molecule has 2 heterocycles. The summed E-state index contributed by atoms with van der Waals surface area (Å²) in [5, 5.41) is 4.24. The van der Waals surface area contributed by atoms with Gasteiger partial charge in [0.1, 0.15) is 5.82 Å². The number of carbonyl (C=O) groups is 1. The Morgan fingerprint density at radius 2 is 2.24 bits per heavy atom. The number of halogens is 1. The third-order valence-corrected chi connectivity index (χ3v) is 3.63. The minimum atomic E-state index is -0.335. The minimum Gasteiger partial charge on any atom is -0.336 e. The fourth-order valence-corrected chi connectivity index (χ4v) is 2.56. The number of piperidine rings is 1. The summed E-state index contributed by atoms with van der Waals surface area (Å²) in [6.07, 6.45) is 3.52. The molecule has 5 nitrogen and oxygen atoms in total. The second kappa shape index (κ2) is 5.65. The Labute approximate surface area is 122 Å².